The fraction of sp³-hybridized carbons (Fsp3) is 0.667. The van der Waals surface area contributed by atoms with Crippen molar-refractivity contribution in [2.75, 3.05) is 56.0 Å². The third-order valence-electron chi connectivity index (χ3n) is 6.84. The second-order valence-electron chi connectivity index (χ2n) is 9.08. The number of nitrogens with one attached hydrogen (secondary N) is 1. The molecular formula is C24H36N4O2. The molecule has 0 unspecified atom stereocenters. The molecule has 6 heteroatoms. The van der Waals surface area contributed by atoms with E-state index in [0.29, 0.717) is 12.5 Å². The van der Waals surface area contributed by atoms with Crippen LogP contribution in [0.1, 0.15) is 51.4 Å². The number of carbonyl (C=O) groups excluding carboxylic acids is 2. The smallest absolute Gasteiger partial charge is 0.238 e. The van der Waals surface area contributed by atoms with E-state index in [4.69, 9.17) is 0 Å². The van der Waals surface area contributed by atoms with Gasteiger partial charge in [-0.1, -0.05) is 12.8 Å². The Morgan fingerprint density at radius 1 is 0.800 bits per heavy atom. The lowest BCUT2D eigenvalue weighted by molar-refractivity contribution is -0.137. The van der Waals surface area contributed by atoms with Crippen molar-refractivity contribution in [3.8, 4) is 0 Å². The van der Waals surface area contributed by atoms with Gasteiger partial charge in [0.1, 0.15) is 0 Å². The van der Waals surface area contributed by atoms with E-state index in [9.17, 15) is 9.59 Å². The SMILES string of the molecule is O=C(CN1CCC(C(=O)N2CCCCCC2)CC1)Nc1ccc(N2CCCC2)cc1. The van der Waals surface area contributed by atoms with Crippen molar-refractivity contribution >= 4 is 23.2 Å². The van der Waals surface area contributed by atoms with Crippen molar-refractivity contribution in [1.82, 2.24) is 9.80 Å². The molecule has 1 aromatic carbocycles. The molecule has 0 atom stereocenters. The van der Waals surface area contributed by atoms with Gasteiger partial charge in [-0.3, -0.25) is 14.5 Å². The molecule has 164 valence electrons. The second kappa shape index (κ2) is 10.3. The van der Waals surface area contributed by atoms with Gasteiger partial charge in [-0.15, -0.1) is 0 Å². The van der Waals surface area contributed by atoms with E-state index < -0.39 is 0 Å². The molecule has 4 rings (SSSR count). The lowest BCUT2D eigenvalue weighted by atomic mass is 9.95. The zero-order valence-corrected chi connectivity index (χ0v) is 18.2. The van der Waals surface area contributed by atoms with Crippen LogP contribution >= 0.6 is 0 Å². The Morgan fingerprint density at radius 3 is 2.03 bits per heavy atom. The molecule has 0 bridgehead atoms. The quantitative estimate of drug-likeness (QED) is 0.806. The molecule has 6 nitrogen and oxygen atoms in total. The Bertz CT molecular complexity index is 698. The van der Waals surface area contributed by atoms with Crippen LogP contribution < -0.4 is 10.2 Å². The van der Waals surface area contributed by atoms with Crippen LogP contribution in [-0.2, 0) is 9.59 Å². The van der Waals surface area contributed by atoms with E-state index in [1.54, 1.807) is 0 Å². The summed E-state index contributed by atoms with van der Waals surface area (Å²) in [6.07, 6.45) is 9.04. The van der Waals surface area contributed by atoms with E-state index in [-0.39, 0.29) is 11.8 Å². The van der Waals surface area contributed by atoms with Crippen LogP contribution in [0.4, 0.5) is 11.4 Å². The molecule has 2 amide bonds. The number of likely N-dealkylation sites (tertiary alicyclic amines) is 2. The number of carbonyl (C=O) groups is 2. The third kappa shape index (κ3) is 5.54. The molecule has 0 aromatic heterocycles. The molecule has 1 aromatic rings. The standard InChI is InChI=1S/C24H36N4O2/c29-23(25-21-7-9-22(10-8-21)27-13-5-6-14-27)19-26-17-11-20(12-18-26)24(30)28-15-3-1-2-4-16-28/h7-10,20H,1-6,11-19H2,(H,25,29). The summed E-state index contributed by atoms with van der Waals surface area (Å²) in [6.45, 7) is 6.16. The van der Waals surface area contributed by atoms with E-state index >= 15 is 0 Å². The number of anilines is 2. The monoisotopic (exact) mass is 412 g/mol. The third-order valence-corrected chi connectivity index (χ3v) is 6.84. The van der Waals surface area contributed by atoms with Crippen LogP contribution in [0.3, 0.4) is 0 Å². The van der Waals surface area contributed by atoms with Crippen LogP contribution in [0.2, 0.25) is 0 Å². The molecular weight excluding hydrogens is 376 g/mol. The zero-order valence-electron chi connectivity index (χ0n) is 18.2. The summed E-state index contributed by atoms with van der Waals surface area (Å²) >= 11 is 0. The van der Waals surface area contributed by atoms with Crippen molar-refractivity contribution in [3.63, 3.8) is 0 Å². The van der Waals surface area contributed by atoms with Gasteiger partial charge in [0.05, 0.1) is 6.54 Å². The second-order valence-corrected chi connectivity index (χ2v) is 9.08. The fourth-order valence-corrected chi connectivity index (χ4v) is 5.02. The highest BCUT2D eigenvalue weighted by atomic mass is 16.2. The highest BCUT2D eigenvalue weighted by Crippen LogP contribution is 2.23. The lowest BCUT2D eigenvalue weighted by Crippen LogP contribution is -2.44. The van der Waals surface area contributed by atoms with Gasteiger partial charge < -0.3 is 15.1 Å². The van der Waals surface area contributed by atoms with Crippen LogP contribution in [0.15, 0.2) is 24.3 Å². The number of benzene rings is 1. The van der Waals surface area contributed by atoms with Gasteiger partial charge in [-0.2, -0.15) is 0 Å². The van der Waals surface area contributed by atoms with E-state index in [2.05, 4.69) is 32.1 Å². The molecule has 0 saturated carbocycles. The Morgan fingerprint density at radius 2 is 1.40 bits per heavy atom. The van der Waals surface area contributed by atoms with Gasteiger partial charge in [0.2, 0.25) is 11.8 Å². The summed E-state index contributed by atoms with van der Waals surface area (Å²) in [5, 5.41) is 3.03. The first kappa shape index (κ1) is 21.2. The van der Waals surface area contributed by atoms with Crippen molar-refractivity contribution in [2.45, 2.75) is 51.4 Å². The Balaban J connectivity index is 1.20. The minimum Gasteiger partial charge on any atom is -0.372 e. The molecule has 0 aliphatic carbocycles. The summed E-state index contributed by atoms with van der Waals surface area (Å²) in [7, 11) is 0. The molecule has 3 fully saturated rings. The van der Waals surface area contributed by atoms with Gasteiger partial charge in [-0.05, 0) is 75.9 Å². The highest BCUT2D eigenvalue weighted by molar-refractivity contribution is 5.92. The Kier molecular flexibility index (Phi) is 7.26. The molecule has 3 aliphatic heterocycles. The molecule has 3 aliphatic rings. The first-order valence-corrected chi connectivity index (χ1v) is 11.8. The predicted molar refractivity (Wildman–Crippen MR) is 121 cm³/mol. The first-order chi connectivity index (χ1) is 14.7. The first-order valence-electron chi connectivity index (χ1n) is 11.8. The minimum absolute atomic E-state index is 0.0289. The van der Waals surface area contributed by atoms with Crippen LogP contribution in [0, 0.1) is 5.92 Å². The number of nitrogens with zero attached hydrogens (tertiary/aromatic N) is 3. The molecule has 30 heavy (non-hydrogen) atoms. The number of rotatable bonds is 5. The lowest BCUT2D eigenvalue weighted by Gasteiger charge is -2.33. The molecule has 1 N–H and O–H groups in total. The van der Waals surface area contributed by atoms with Crippen molar-refractivity contribution in [2.24, 2.45) is 5.92 Å². The molecule has 0 radical (unpaired) electrons. The average Bonchev–Trinajstić information content (AvgIpc) is 3.17. The largest absolute Gasteiger partial charge is 0.372 e. The number of hydrogen-bond donors (Lipinski definition) is 1. The van der Waals surface area contributed by atoms with Crippen molar-refractivity contribution in [1.29, 1.82) is 0 Å². The summed E-state index contributed by atoms with van der Waals surface area (Å²) in [6, 6.07) is 8.19. The molecule has 3 heterocycles. The predicted octanol–water partition coefficient (Wildman–Crippen LogP) is 3.34. The van der Waals surface area contributed by atoms with E-state index in [1.807, 2.05) is 12.1 Å². The molecule has 3 saturated heterocycles. The van der Waals surface area contributed by atoms with Gasteiger partial charge in [0, 0.05) is 43.5 Å². The zero-order chi connectivity index (χ0) is 20.8. The number of hydrogen-bond acceptors (Lipinski definition) is 4. The van der Waals surface area contributed by atoms with Gasteiger partial charge in [-0.25, -0.2) is 0 Å². The molecule has 0 spiro atoms. The van der Waals surface area contributed by atoms with Crippen LogP contribution in [0.5, 0.6) is 0 Å². The summed E-state index contributed by atoms with van der Waals surface area (Å²) in [4.78, 5) is 32.0. The maximum atomic E-state index is 12.8. The summed E-state index contributed by atoms with van der Waals surface area (Å²) in [5.41, 5.74) is 2.09. The van der Waals surface area contributed by atoms with E-state index in [0.717, 1.165) is 70.6 Å². The number of amides is 2. The summed E-state index contributed by atoms with van der Waals surface area (Å²) in [5.74, 6) is 0.515. The van der Waals surface area contributed by atoms with Crippen molar-refractivity contribution < 1.29 is 9.59 Å². The van der Waals surface area contributed by atoms with Gasteiger partial charge in [0.15, 0.2) is 0 Å². The van der Waals surface area contributed by atoms with E-state index in [1.165, 1.54) is 31.4 Å². The van der Waals surface area contributed by atoms with Crippen molar-refractivity contribution in [3.05, 3.63) is 24.3 Å². The Hall–Kier alpha value is -2.08. The maximum absolute atomic E-state index is 12.8. The normalized spacial score (nSPS) is 21.5. The minimum atomic E-state index is 0.0289. The summed E-state index contributed by atoms with van der Waals surface area (Å²) < 4.78 is 0. The van der Waals surface area contributed by atoms with Gasteiger partial charge >= 0.3 is 0 Å². The Labute approximate surface area is 180 Å². The maximum Gasteiger partial charge on any atom is 0.238 e. The average molecular weight is 413 g/mol. The number of piperidine rings is 1. The van der Waals surface area contributed by atoms with Crippen LogP contribution in [0.25, 0.3) is 0 Å². The van der Waals surface area contributed by atoms with Gasteiger partial charge in [0.25, 0.3) is 0 Å². The van der Waals surface area contributed by atoms with Crippen LogP contribution in [-0.4, -0.2) is 67.4 Å². The fourth-order valence-electron chi connectivity index (χ4n) is 5.02. The highest BCUT2D eigenvalue weighted by Gasteiger charge is 2.29. The topological polar surface area (TPSA) is 55.9 Å².